The zero-order chi connectivity index (χ0) is 21.8. The van der Waals surface area contributed by atoms with E-state index in [0.717, 1.165) is 25.9 Å². The third kappa shape index (κ3) is 4.65. The van der Waals surface area contributed by atoms with Gasteiger partial charge in [0.05, 0.1) is 23.4 Å². The minimum absolute atomic E-state index is 0.140. The second kappa shape index (κ2) is 9.11. The molecular formula is C22H27N7O2. The number of amides is 1. The van der Waals surface area contributed by atoms with Crippen molar-refractivity contribution in [3.05, 3.63) is 47.1 Å². The normalized spacial score (nSPS) is 13.9. The predicted octanol–water partition coefficient (Wildman–Crippen LogP) is 2.27. The summed E-state index contributed by atoms with van der Waals surface area (Å²) >= 11 is 0. The molecule has 0 saturated carbocycles. The molecule has 162 valence electrons. The molecule has 0 atom stereocenters. The Morgan fingerprint density at radius 2 is 1.90 bits per heavy atom. The molecule has 4 rings (SSSR count). The highest BCUT2D eigenvalue weighted by atomic mass is 16.2. The minimum atomic E-state index is -0.211. The van der Waals surface area contributed by atoms with Gasteiger partial charge in [-0.05, 0) is 31.4 Å². The summed E-state index contributed by atoms with van der Waals surface area (Å²) < 4.78 is 1.46. The van der Waals surface area contributed by atoms with Crippen LogP contribution in [0.1, 0.15) is 25.7 Å². The topological polar surface area (TPSA) is 96.2 Å². The first-order valence-electron chi connectivity index (χ1n) is 10.6. The number of aromatic nitrogens is 4. The fraction of sp³-hybridized carbons (Fsp3) is 0.409. The van der Waals surface area contributed by atoms with Crippen LogP contribution in [-0.2, 0) is 11.3 Å². The number of aryl methyl sites for hydroxylation is 1. The average molecular weight is 422 g/mol. The molecule has 0 spiro atoms. The molecular weight excluding hydrogens is 394 g/mol. The van der Waals surface area contributed by atoms with Crippen molar-refractivity contribution < 1.29 is 4.79 Å². The molecule has 1 fully saturated rings. The van der Waals surface area contributed by atoms with Crippen LogP contribution in [0.4, 0.5) is 17.5 Å². The van der Waals surface area contributed by atoms with Crippen LogP contribution in [0.25, 0.3) is 10.9 Å². The van der Waals surface area contributed by atoms with Crippen LogP contribution >= 0.6 is 0 Å². The zero-order valence-corrected chi connectivity index (χ0v) is 17.9. The van der Waals surface area contributed by atoms with E-state index >= 15 is 0 Å². The Hall–Kier alpha value is -3.49. The number of nitrogens with zero attached hydrogens (tertiary/aromatic N) is 6. The van der Waals surface area contributed by atoms with Crippen molar-refractivity contribution in [2.45, 2.75) is 32.2 Å². The highest BCUT2D eigenvalue weighted by Crippen LogP contribution is 2.25. The van der Waals surface area contributed by atoms with Crippen LogP contribution in [0.2, 0.25) is 0 Å². The lowest BCUT2D eigenvalue weighted by Gasteiger charge is -2.28. The second-order valence-electron chi connectivity index (χ2n) is 7.91. The first-order chi connectivity index (χ1) is 15.0. The third-order valence-corrected chi connectivity index (χ3v) is 5.40. The van der Waals surface area contributed by atoms with Crippen LogP contribution in [0, 0.1) is 0 Å². The lowest BCUT2D eigenvalue weighted by atomic mass is 10.1. The molecule has 1 aliphatic heterocycles. The predicted molar refractivity (Wildman–Crippen MR) is 122 cm³/mol. The van der Waals surface area contributed by atoms with Crippen LogP contribution < -0.4 is 20.7 Å². The number of nitrogens with one attached hydrogen (secondary N) is 1. The molecule has 1 N–H and O–H groups in total. The van der Waals surface area contributed by atoms with E-state index in [1.165, 1.54) is 17.3 Å². The van der Waals surface area contributed by atoms with E-state index < -0.39 is 0 Å². The summed E-state index contributed by atoms with van der Waals surface area (Å²) in [6.07, 6.45) is 6.81. The van der Waals surface area contributed by atoms with E-state index in [1.54, 1.807) is 24.4 Å². The second-order valence-corrected chi connectivity index (χ2v) is 7.91. The number of fused-ring (bicyclic) bond motifs is 1. The third-order valence-electron chi connectivity index (χ3n) is 5.40. The van der Waals surface area contributed by atoms with Crippen LogP contribution in [0.3, 0.4) is 0 Å². The van der Waals surface area contributed by atoms with Crippen molar-refractivity contribution in [2.24, 2.45) is 0 Å². The zero-order valence-electron chi connectivity index (χ0n) is 17.9. The maximum atomic E-state index is 12.6. The number of rotatable bonds is 6. The molecule has 3 aromatic rings. The van der Waals surface area contributed by atoms with E-state index in [1.807, 2.05) is 25.1 Å². The summed E-state index contributed by atoms with van der Waals surface area (Å²) in [4.78, 5) is 42.7. The van der Waals surface area contributed by atoms with Crippen molar-refractivity contribution in [1.29, 1.82) is 0 Å². The molecule has 0 aliphatic carbocycles. The largest absolute Gasteiger partial charge is 0.361 e. The van der Waals surface area contributed by atoms with Gasteiger partial charge in [-0.25, -0.2) is 9.97 Å². The number of hydrogen-bond donors (Lipinski definition) is 1. The Morgan fingerprint density at radius 1 is 1.13 bits per heavy atom. The van der Waals surface area contributed by atoms with Gasteiger partial charge in [0.2, 0.25) is 11.9 Å². The Balaban J connectivity index is 1.45. The number of para-hydroxylation sites is 1. The Bertz CT molecular complexity index is 1140. The summed E-state index contributed by atoms with van der Waals surface area (Å²) in [5, 5.41) is 3.43. The molecule has 31 heavy (non-hydrogen) atoms. The smallest absolute Gasteiger partial charge is 0.261 e. The van der Waals surface area contributed by atoms with E-state index in [2.05, 4.69) is 25.2 Å². The molecule has 0 radical (unpaired) electrons. The SMILES string of the molecule is CN(C)c1nc(N2CCCCC2)ncc1NC(=O)CCn1cnc2ccccc2c1=O. The average Bonchev–Trinajstić information content (AvgIpc) is 2.79. The first-order valence-corrected chi connectivity index (χ1v) is 10.6. The molecule has 0 unspecified atom stereocenters. The molecule has 0 bridgehead atoms. The number of hydrogen-bond acceptors (Lipinski definition) is 7. The first kappa shape index (κ1) is 20.8. The molecule has 1 amide bonds. The quantitative estimate of drug-likeness (QED) is 0.652. The Labute approximate surface area is 180 Å². The lowest BCUT2D eigenvalue weighted by molar-refractivity contribution is -0.116. The van der Waals surface area contributed by atoms with Crippen LogP contribution in [-0.4, -0.2) is 52.6 Å². The van der Waals surface area contributed by atoms with Crippen LogP contribution in [0.15, 0.2) is 41.6 Å². The van der Waals surface area contributed by atoms with Gasteiger partial charge in [0.25, 0.3) is 5.56 Å². The van der Waals surface area contributed by atoms with E-state index in [0.29, 0.717) is 28.4 Å². The van der Waals surface area contributed by atoms with Gasteiger partial charge in [0.1, 0.15) is 5.69 Å². The summed E-state index contributed by atoms with van der Waals surface area (Å²) in [5.41, 5.74) is 1.05. The van der Waals surface area contributed by atoms with Gasteiger partial charge in [0.15, 0.2) is 5.82 Å². The molecule has 3 heterocycles. The minimum Gasteiger partial charge on any atom is -0.361 e. The van der Waals surface area contributed by atoms with Gasteiger partial charge < -0.3 is 15.1 Å². The van der Waals surface area contributed by atoms with Crippen molar-refractivity contribution in [2.75, 3.05) is 42.3 Å². The number of anilines is 3. The molecule has 9 nitrogen and oxygen atoms in total. The van der Waals surface area contributed by atoms with Crippen molar-refractivity contribution in [3.63, 3.8) is 0 Å². The lowest BCUT2D eigenvalue weighted by Crippen LogP contribution is -2.31. The molecule has 1 saturated heterocycles. The van der Waals surface area contributed by atoms with Gasteiger partial charge in [0, 0.05) is 40.2 Å². The fourth-order valence-electron chi connectivity index (χ4n) is 3.74. The molecule has 2 aromatic heterocycles. The summed E-state index contributed by atoms with van der Waals surface area (Å²) in [7, 11) is 3.77. The van der Waals surface area contributed by atoms with Gasteiger partial charge in [-0.3, -0.25) is 14.2 Å². The molecule has 1 aliphatic rings. The Kier molecular flexibility index (Phi) is 6.11. The van der Waals surface area contributed by atoms with Gasteiger partial charge >= 0.3 is 0 Å². The molecule has 1 aromatic carbocycles. The van der Waals surface area contributed by atoms with E-state index in [9.17, 15) is 9.59 Å². The van der Waals surface area contributed by atoms with Gasteiger partial charge in [-0.1, -0.05) is 12.1 Å². The Morgan fingerprint density at radius 3 is 2.68 bits per heavy atom. The van der Waals surface area contributed by atoms with Crippen molar-refractivity contribution in [3.8, 4) is 0 Å². The van der Waals surface area contributed by atoms with Gasteiger partial charge in [-0.2, -0.15) is 4.98 Å². The monoisotopic (exact) mass is 421 g/mol. The molecule has 9 heteroatoms. The standard InChI is InChI=1S/C22H27N7O2/c1-27(2)20-18(14-23-22(26-20)28-11-6-3-7-12-28)25-19(30)10-13-29-15-24-17-9-5-4-8-16(17)21(29)31/h4-5,8-9,14-15H,3,6-7,10-13H2,1-2H3,(H,25,30). The summed E-state index contributed by atoms with van der Waals surface area (Å²) in [6.45, 7) is 2.15. The maximum Gasteiger partial charge on any atom is 0.261 e. The number of carbonyl (C=O) groups is 1. The number of carbonyl (C=O) groups excluding carboxylic acids is 1. The van der Waals surface area contributed by atoms with Crippen LogP contribution in [0.5, 0.6) is 0 Å². The number of piperidine rings is 1. The van der Waals surface area contributed by atoms with E-state index in [-0.39, 0.29) is 24.4 Å². The van der Waals surface area contributed by atoms with Gasteiger partial charge in [-0.15, -0.1) is 0 Å². The maximum absolute atomic E-state index is 12.6. The highest BCUT2D eigenvalue weighted by Gasteiger charge is 2.18. The fourth-order valence-corrected chi connectivity index (χ4v) is 3.74. The summed E-state index contributed by atoms with van der Waals surface area (Å²) in [6, 6.07) is 7.18. The highest BCUT2D eigenvalue weighted by molar-refractivity contribution is 5.93. The van der Waals surface area contributed by atoms with Crippen molar-refractivity contribution in [1.82, 2.24) is 19.5 Å². The summed E-state index contributed by atoms with van der Waals surface area (Å²) in [5.74, 6) is 1.14. The number of benzene rings is 1. The van der Waals surface area contributed by atoms with Crippen molar-refractivity contribution >= 4 is 34.3 Å². The van der Waals surface area contributed by atoms with E-state index in [4.69, 9.17) is 0 Å².